The second-order valence-corrected chi connectivity index (χ2v) is 6.40. The Kier molecular flexibility index (Phi) is 5.11. The lowest BCUT2D eigenvalue weighted by atomic mass is 9.99. The molecular weight excluding hydrogens is 284 g/mol. The van der Waals surface area contributed by atoms with Crippen LogP contribution in [-0.2, 0) is 0 Å². The van der Waals surface area contributed by atoms with Crippen molar-refractivity contribution in [2.24, 2.45) is 5.92 Å². The van der Waals surface area contributed by atoms with Crippen LogP contribution in [0.15, 0.2) is 36.4 Å². The minimum atomic E-state index is 0.806. The third-order valence-corrected chi connectivity index (χ3v) is 4.41. The van der Waals surface area contributed by atoms with Gasteiger partial charge < -0.3 is 10.2 Å². The van der Waals surface area contributed by atoms with Crippen LogP contribution >= 0.6 is 0 Å². The Morgan fingerprint density at radius 1 is 1.13 bits per heavy atom. The quantitative estimate of drug-likeness (QED) is 0.898. The van der Waals surface area contributed by atoms with Crippen LogP contribution in [0.1, 0.15) is 33.1 Å². The molecule has 0 aliphatic carbocycles. The minimum absolute atomic E-state index is 0.806. The summed E-state index contributed by atoms with van der Waals surface area (Å²) in [4.78, 5) is 11.9. The highest BCUT2D eigenvalue weighted by molar-refractivity contribution is 5.61. The Morgan fingerprint density at radius 3 is 2.57 bits per heavy atom. The van der Waals surface area contributed by atoms with E-state index in [1.54, 1.807) is 0 Å². The first-order chi connectivity index (χ1) is 11.3. The van der Waals surface area contributed by atoms with Crippen LogP contribution in [0.3, 0.4) is 0 Å². The number of nitrogens with zero attached hydrogens (tertiary/aromatic N) is 3. The number of aromatic nitrogens is 2. The van der Waals surface area contributed by atoms with Crippen molar-refractivity contribution in [3.05, 3.63) is 36.4 Å². The Labute approximate surface area is 139 Å². The van der Waals surface area contributed by atoms with Crippen molar-refractivity contribution in [3.8, 4) is 11.4 Å². The summed E-state index contributed by atoms with van der Waals surface area (Å²) in [7, 11) is 0. The normalized spacial score (nSPS) is 15.7. The van der Waals surface area contributed by atoms with Gasteiger partial charge >= 0.3 is 0 Å². The maximum Gasteiger partial charge on any atom is 0.163 e. The van der Waals surface area contributed by atoms with Gasteiger partial charge in [-0.05, 0) is 25.2 Å². The van der Waals surface area contributed by atoms with Gasteiger partial charge in [-0.3, -0.25) is 0 Å². The molecule has 0 bridgehead atoms. The maximum atomic E-state index is 4.84. The molecule has 122 valence electrons. The van der Waals surface area contributed by atoms with Gasteiger partial charge in [0.1, 0.15) is 11.6 Å². The lowest BCUT2D eigenvalue weighted by molar-refractivity contribution is 0.436. The maximum absolute atomic E-state index is 4.84. The second-order valence-electron chi connectivity index (χ2n) is 6.40. The van der Waals surface area contributed by atoms with E-state index >= 15 is 0 Å². The van der Waals surface area contributed by atoms with E-state index < -0.39 is 0 Å². The number of benzene rings is 1. The predicted octanol–water partition coefficient (Wildman–Crippen LogP) is 4.20. The number of hydrogen-bond acceptors (Lipinski definition) is 4. The molecule has 1 aromatic heterocycles. The number of anilines is 2. The zero-order chi connectivity index (χ0) is 16.1. The molecule has 1 fully saturated rings. The van der Waals surface area contributed by atoms with Gasteiger partial charge in [-0.1, -0.05) is 44.2 Å². The van der Waals surface area contributed by atoms with Crippen LogP contribution in [0.25, 0.3) is 11.4 Å². The third-order valence-electron chi connectivity index (χ3n) is 4.41. The van der Waals surface area contributed by atoms with Gasteiger partial charge in [-0.15, -0.1) is 0 Å². The van der Waals surface area contributed by atoms with Crippen LogP contribution in [0.2, 0.25) is 0 Å². The standard InChI is InChI=1S/C19H26N4/c1-3-11-20-17-14-18(23-12-9-15(2)10-13-23)22-19(21-17)16-7-5-4-6-8-16/h4-8,14-15H,3,9-13H2,1-2H3,(H,20,21,22). The van der Waals surface area contributed by atoms with E-state index in [4.69, 9.17) is 9.97 Å². The van der Waals surface area contributed by atoms with E-state index in [0.29, 0.717) is 0 Å². The Bertz CT molecular complexity index is 619. The highest BCUT2D eigenvalue weighted by Gasteiger charge is 2.18. The van der Waals surface area contributed by atoms with Gasteiger partial charge in [-0.25, -0.2) is 9.97 Å². The summed E-state index contributed by atoms with van der Waals surface area (Å²) < 4.78 is 0. The molecule has 1 aromatic carbocycles. The molecule has 0 radical (unpaired) electrons. The summed E-state index contributed by atoms with van der Waals surface area (Å²) in [6.07, 6.45) is 3.56. The lowest BCUT2D eigenvalue weighted by Gasteiger charge is -2.31. The van der Waals surface area contributed by atoms with Crippen LogP contribution in [0.4, 0.5) is 11.6 Å². The van der Waals surface area contributed by atoms with E-state index in [1.165, 1.54) is 12.8 Å². The van der Waals surface area contributed by atoms with E-state index in [2.05, 4.69) is 42.3 Å². The molecule has 0 spiro atoms. The van der Waals surface area contributed by atoms with E-state index in [1.807, 2.05) is 18.2 Å². The van der Waals surface area contributed by atoms with Crippen LogP contribution in [0.5, 0.6) is 0 Å². The monoisotopic (exact) mass is 310 g/mol. The first kappa shape index (κ1) is 15.8. The van der Waals surface area contributed by atoms with Crippen molar-refractivity contribution in [1.82, 2.24) is 9.97 Å². The van der Waals surface area contributed by atoms with Crippen LogP contribution in [-0.4, -0.2) is 29.6 Å². The number of rotatable bonds is 5. The van der Waals surface area contributed by atoms with Crippen molar-refractivity contribution in [3.63, 3.8) is 0 Å². The van der Waals surface area contributed by atoms with Crippen molar-refractivity contribution >= 4 is 11.6 Å². The second kappa shape index (κ2) is 7.44. The van der Waals surface area contributed by atoms with Crippen molar-refractivity contribution in [2.75, 3.05) is 29.9 Å². The smallest absolute Gasteiger partial charge is 0.163 e. The average molecular weight is 310 g/mol. The van der Waals surface area contributed by atoms with Gasteiger partial charge in [0.2, 0.25) is 0 Å². The van der Waals surface area contributed by atoms with E-state index in [9.17, 15) is 0 Å². The summed E-state index contributed by atoms with van der Waals surface area (Å²) in [6, 6.07) is 12.3. The van der Waals surface area contributed by atoms with Crippen LogP contribution < -0.4 is 10.2 Å². The molecule has 0 atom stereocenters. The molecule has 1 saturated heterocycles. The molecule has 0 amide bonds. The van der Waals surface area contributed by atoms with Crippen molar-refractivity contribution in [2.45, 2.75) is 33.1 Å². The molecule has 23 heavy (non-hydrogen) atoms. The molecule has 1 N–H and O–H groups in total. The SMILES string of the molecule is CCCNc1cc(N2CCC(C)CC2)nc(-c2ccccc2)n1. The van der Waals surface area contributed by atoms with Gasteiger partial charge in [0, 0.05) is 31.3 Å². The fourth-order valence-electron chi connectivity index (χ4n) is 2.89. The molecule has 1 aliphatic rings. The van der Waals surface area contributed by atoms with Gasteiger partial charge in [0.05, 0.1) is 0 Å². The number of piperidine rings is 1. The summed E-state index contributed by atoms with van der Waals surface area (Å²) in [5, 5.41) is 3.41. The summed E-state index contributed by atoms with van der Waals surface area (Å²) in [6.45, 7) is 7.60. The fourth-order valence-corrected chi connectivity index (χ4v) is 2.89. The molecule has 2 heterocycles. The van der Waals surface area contributed by atoms with Gasteiger partial charge in [0.15, 0.2) is 5.82 Å². The number of nitrogens with one attached hydrogen (secondary N) is 1. The highest BCUT2D eigenvalue weighted by Crippen LogP contribution is 2.26. The highest BCUT2D eigenvalue weighted by atomic mass is 15.2. The predicted molar refractivity (Wildman–Crippen MR) is 96.9 cm³/mol. The van der Waals surface area contributed by atoms with Crippen molar-refractivity contribution in [1.29, 1.82) is 0 Å². The molecule has 4 heteroatoms. The lowest BCUT2D eigenvalue weighted by Crippen LogP contribution is -2.33. The van der Waals surface area contributed by atoms with Crippen molar-refractivity contribution < 1.29 is 0 Å². The largest absolute Gasteiger partial charge is 0.370 e. The Morgan fingerprint density at radius 2 is 1.87 bits per heavy atom. The topological polar surface area (TPSA) is 41.0 Å². The summed E-state index contributed by atoms with van der Waals surface area (Å²) in [5.41, 5.74) is 1.07. The van der Waals surface area contributed by atoms with Gasteiger partial charge in [-0.2, -0.15) is 0 Å². The first-order valence-electron chi connectivity index (χ1n) is 8.69. The van der Waals surface area contributed by atoms with E-state index in [-0.39, 0.29) is 0 Å². The number of hydrogen-bond donors (Lipinski definition) is 1. The fraction of sp³-hybridized carbons (Fsp3) is 0.474. The molecule has 0 unspecified atom stereocenters. The third kappa shape index (κ3) is 4.01. The zero-order valence-electron chi connectivity index (χ0n) is 14.1. The van der Waals surface area contributed by atoms with E-state index in [0.717, 1.165) is 55.0 Å². The molecule has 4 nitrogen and oxygen atoms in total. The molecular formula is C19H26N4. The summed E-state index contributed by atoms with van der Waals surface area (Å²) >= 11 is 0. The Balaban J connectivity index is 1.91. The van der Waals surface area contributed by atoms with Crippen LogP contribution in [0, 0.1) is 5.92 Å². The molecule has 2 aromatic rings. The Hall–Kier alpha value is -2.10. The molecule has 1 aliphatic heterocycles. The first-order valence-corrected chi connectivity index (χ1v) is 8.69. The minimum Gasteiger partial charge on any atom is -0.370 e. The molecule has 0 saturated carbocycles. The zero-order valence-corrected chi connectivity index (χ0v) is 14.1. The average Bonchev–Trinajstić information content (AvgIpc) is 2.61. The molecule has 3 rings (SSSR count). The van der Waals surface area contributed by atoms with Gasteiger partial charge in [0.25, 0.3) is 0 Å². The summed E-state index contributed by atoms with van der Waals surface area (Å²) in [5.74, 6) is 3.60.